The van der Waals surface area contributed by atoms with Crippen LogP contribution in [0.5, 0.6) is 0 Å². The lowest BCUT2D eigenvalue weighted by Crippen LogP contribution is -2.23. The van der Waals surface area contributed by atoms with Gasteiger partial charge in [0.25, 0.3) is 5.56 Å². The number of nitrogens with one attached hydrogen (secondary N) is 2. The van der Waals surface area contributed by atoms with Crippen molar-refractivity contribution in [3.8, 4) is 5.69 Å². The number of aromatic amines is 1. The zero-order valence-electron chi connectivity index (χ0n) is 17.4. The minimum absolute atomic E-state index is 0.179. The molecule has 0 aliphatic carbocycles. The highest BCUT2D eigenvalue weighted by Gasteiger charge is 2.18. The highest BCUT2D eigenvalue weighted by Crippen LogP contribution is 2.23. The third-order valence-corrected chi connectivity index (χ3v) is 5.71. The molecule has 31 heavy (non-hydrogen) atoms. The average molecular weight is 435 g/mol. The minimum atomic E-state index is -0.470. The molecule has 158 valence electrons. The molecule has 0 aliphatic heterocycles. The smallest absolute Gasteiger partial charge is 0.262 e. The van der Waals surface area contributed by atoms with E-state index >= 15 is 0 Å². The van der Waals surface area contributed by atoms with E-state index in [9.17, 15) is 9.59 Å². The lowest BCUT2D eigenvalue weighted by Gasteiger charge is -2.14. The normalized spacial score (nSPS) is 12.0. The number of carbonyl (C=O) groups excluding carboxylic acids is 1. The van der Waals surface area contributed by atoms with Gasteiger partial charge in [0.1, 0.15) is 5.39 Å². The van der Waals surface area contributed by atoms with Crippen molar-refractivity contribution < 1.29 is 4.79 Å². The molecule has 0 saturated heterocycles. The molecule has 0 bridgehead atoms. The summed E-state index contributed by atoms with van der Waals surface area (Å²) in [6.45, 7) is 1.77. The molecule has 0 radical (unpaired) electrons. The van der Waals surface area contributed by atoms with Crippen LogP contribution in [0.1, 0.15) is 6.92 Å². The number of anilines is 2. The van der Waals surface area contributed by atoms with E-state index in [1.165, 1.54) is 18.0 Å². The maximum atomic E-state index is 12.6. The van der Waals surface area contributed by atoms with E-state index < -0.39 is 5.25 Å². The van der Waals surface area contributed by atoms with Crippen LogP contribution in [-0.2, 0) is 4.79 Å². The molecule has 0 saturated carbocycles. The Labute approximate surface area is 183 Å². The number of aromatic nitrogens is 4. The molecule has 2 aromatic heterocycles. The Hall–Kier alpha value is -3.59. The summed E-state index contributed by atoms with van der Waals surface area (Å²) < 4.78 is 1.62. The third-order valence-electron chi connectivity index (χ3n) is 4.73. The van der Waals surface area contributed by atoms with E-state index in [1.807, 2.05) is 73.6 Å². The van der Waals surface area contributed by atoms with Gasteiger partial charge in [-0.2, -0.15) is 5.10 Å². The second kappa shape index (κ2) is 8.65. The number of hydrogen-bond acceptors (Lipinski definition) is 6. The topological polar surface area (TPSA) is 95.9 Å². The molecular formula is C22H22N6O2S. The fourth-order valence-corrected chi connectivity index (χ4v) is 3.81. The number of fused-ring (bicyclic) bond motifs is 1. The maximum Gasteiger partial charge on any atom is 0.262 e. The standard InChI is InChI=1S/C22H22N6O2S/c1-14(20(29)24-15-9-11-16(12-10-15)27(2)3)31-22-25-19-18(21(30)26-22)13-23-28(19)17-7-5-4-6-8-17/h4-14H,1-3H3,(H,24,29)(H,25,26,30)/t14-/m1/s1. The SMILES string of the molecule is C[C@@H](Sc1nc2c(cnn2-c2ccccc2)c(=O)[nH]1)C(=O)Nc1ccc(N(C)C)cc1. The van der Waals surface area contributed by atoms with E-state index in [1.54, 1.807) is 11.6 Å². The first-order valence-electron chi connectivity index (χ1n) is 9.71. The quantitative estimate of drug-likeness (QED) is 0.357. The molecular weight excluding hydrogens is 412 g/mol. The molecule has 0 fully saturated rings. The molecule has 2 aromatic carbocycles. The van der Waals surface area contributed by atoms with Gasteiger partial charge in [0, 0.05) is 25.5 Å². The summed E-state index contributed by atoms with van der Waals surface area (Å²) in [5.41, 5.74) is 2.72. The number of thioether (sulfide) groups is 1. The van der Waals surface area contributed by atoms with Crippen LogP contribution in [0, 0.1) is 0 Å². The van der Waals surface area contributed by atoms with Gasteiger partial charge in [-0.15, -0.1) is 0 Å². The van der Waals surface area contributed by atoms with E-state index in [0.29, 0.717) is 21.9 Å². The highest BCUT2D eigenvalue weighted by molar-refractivity contribution is 8.00. The average Bonchev–Trinajstić information content (AvgIpc) is 3.19. The zero-order chi connectivity index (χ0) is 22.0. The molecule has 1 atom stereocenters. The third kappa shape index (κ3) is 4.46. The highest BCUT2D eigenvalue weighted by atomic mass is 32.2. The number of hydrogen-bond donors (Lipinski definition) is 2. The monoisotopic (exact) mass is 434 g/mol. The first-order chi connectivity index (χ1) is 14.9. The summed E-state index contributed by atoms with van der Waals surface area (Å²) in [5.74, 6) is -0.179. The largest absolute Gasteiger partial charge is 0.378 e. The number of carbonyl (C=O) groups is 1. The van der Waals surface area contributed by atoms with Gasteiger partial charge in [-0.1, -0.05) is 30.0 Å². The number of amides is 1. The summed E-state index contributed by atoms with van der Waals surface area (Å²) in [6.07, 6.45) is 1.50. The van der Waals surface area contributed by atoms with Crippen LogP contribution in [0.4, 0.5) is 11.4 Å². The summed E-state index contributed by atoms with van der Waals surface area (Å²) >= 11 is 1.19. The van der Waals surface area contributed by atoms with Crippen molar-refractivity contribution in [1.82, 2.24) is 19.7 Å². The van der Waals surface area contributed by atoms with Crippen LogP contribution in [0.15, 0.2) is 70.7 Å². The predicted molar refractivity (Wildman–Crippen MR) is 124 cm³/mol. The first kappa shape index (κ1) is 20.7. The lowest BCUT2D eigenvalue weighted by molar-refractivity contribution is -0.115. The van der Waals surface area contributed by atoms with Crippen molar-refractivity contribution in [2.75, 3.05) is 24.3 Å². The van der Waals surface area contributed by atoms with E-state index in [-0.39, 0.29) is 11.5 Å². The van der Waals surface area contributed by atoms with Crippen LogP contribution >= 0.6 is 11.8 Å². The first-order valence-corrected chi connectivity index (χ1v) is 10.6. The van der Waals surface area contributed by atoms with E-state index in [4.69, 9.17) is 0 Å². The van der Waals surface area contributed by atoms with E-state index in [0.717, 1.165) is 11.4 Å². The summed E-state index contributed by atoms with van der Waals surface area (Å²) in [5, 5.41) is 7.48. The van der Waals surface area contributed by atoms with Crippen LogP contribution in [0.2, 0.25) is 0 Å². The number of para-hydroxylation sites is 1. The summed E-state index contributed by atoms with van der Waals surface area (Å²) in [6, 6.07) is 17.1. The van der Waals surface area contributed by atoms with Gasteiger partial charge in [-0.3, -0.25) is 9.59 Å². The maximum absolute atomic E-state index is 12.6. The van der Waals surface area contributed by atoms with Gasteiger partial charge >= 0.3 is 0 Å². The molecule has 1 amide bonds. The Balaban J connectivity index is 1.53. The number of nitrogens with zero attached hydrogens (tertiary/aromatic N) is 4. The van der Waals surface area contributed by atoms with Gasteiger partial charge in [-0.05, 0) is 43.3 Å². The van der Waals surface area contributed by atoms with Crippen LogP contribution in [-0.4, -0.2) is 45.0 Å². The molecule has 2 heterocycles. The molecule has 0 spiro atoms. The Kier molecular flexibility index (Phi) is 5.77. The summed E-state index contributed by atoms with van der Waals surface area (Å²) in [7, 11) is 3.92. The van der Waals surface area contributed by atoms with Gasteiger partial charge in [-0.25, -0.2) is 9.67 Å². The van der Waals surface area contributed by atoms with Crippen LogP contribution in [0.3, 0.4) is 0 Å². The van der Waals surface area contributed by atoms with Gasteiger partial charge in [0.05, 0.1) is 17.1 Å². The lowest BCUT2D eigenvalue weighted by atomic mass is 10.2. The van der Waals surface area contributed by atoms with Crippen molar-refractivity contribution in [2.24, 2.45) is 0 Å². The predicted octanol–water partition coefficient (Wildman–Crippen LogP) is 3.29. The van der Waals surface area contributed by atoms with Crippen LogP contribution in [0.25, 0.3) is 16.7 Å². The van der Waals surface area contributed by atoms with E-state index in [2.05, 4.69) is 20.4 Å². The number of benzene rings is 2. The fraction of sp³-hybridized carbons (Fsp3) is 0.182. The fourth-order valence-electron chi connectivity index (χ4n) is 3.02. The van der Waals surface area contributed by atoms with Gasteiger partial charge < -0.3 is 15.2 Å². The van der Waals surface area contributed by atoms with Crippen molar-refractivity contribution in [3.63, 3.8) is 0 Å². The Morgan fingerprint density at radius 3 is 2.52 bits per heavy atom. The zero-order valence-corrected chi connectivity index (χ0v) is 18.2. The molecule has 9 heteroatoms. The van der Waals surface area contributed by atoms with Gasteiger partial charge in [0.15, 0.2) is 10.8 Å². The molecule has 2 N–H and O–H groups in total. The second-order valence-corrected chi connectivity index (χ2v) is 8.52. The molecule has 8 nitrogen and oxygen atoms in total. The summed E-state index contributed by atoms with van der Waals surface area (Å²) in [4.78, 5) is 34.4. The second-order valence-electron chi connectivity index (χ2n) is 7.19. The Bertz CT molecular complexity index is 1260. The van der Waals surface area contributed by atoms with Crippen molar-refractivity contribution >= 4 is 40.1 Å². The molecule has 4 aromatic rings. The molecule has 0 unspecified atom stereocenters. The number of rotatable bonds is 6. The van der Waals surface area contributed by atoms with Gasteiger partial charge in [0.2, 0.25) is 5.91 Å². The number of H-pyrrole nitrogens is 1. The van der Waals surface area contributed by atoms with Crippen molar-refractivity contribution in [3.05, 3.63) is 71.1 Å². The minimum Gasteiger partial charge on any atom is -0.378 e. The van der Waals surface area contributed by atoms with Crippen LogP contribution < -0.4 is 15.8 Å². The molecule has 0 aliphatic rings. The Morgan fingerprint density at radius 1 is 1.13 bits per heavy atom. The Morgan fingerprint density at radius 2 is 1.84 bits per heavy atom. The van der Waals surface area contributed by atoms with Crippen molar-refractivity contribution in [1.29, 1.82) is 0 Å². The molecule has 4 rings (SSSR count). The van der Waals surface area contributed by atoms with Crippen molar-refractivity contribution in [2.45, 2.75) is 17.3 Å².